The van der Waals surface area contributed by atoms with Gasteiger partial charge in [-0.3, -0.25) is 0 Å². The molecule has 0 bridgehead atoms. The van der Waals surface area contributed by atoms with Gasteiger partial charge in [0.1, 0.15) is 0 Å². The fraction of sp³-hybridized carbons (Fsp3) is 0.350. The lowest BCUT2D eigenvalue weighted by molar-refractivity contribution is 0.237. The molecular formula is C20H24N2O3. The highest BCUT2D eigenvalue weighted by molar-refractivity contribution is 5.74. The molecule has 0 saturated carbocycles. The van der Waals surface area contributed by atoms with E-state index in [1.165, 1.54) is 5.56 Å². The number of amides is 2. The summed E-state index contributed by atoms with van der Waals surface area (Å²) in [4.78, 5) is 12.2. The van der Waals surface area contributed by atoms with E-state index in [0.717, 1.165) is 29.0 Å². The zero-order chi connectivity index (χ0) is 17.6. The Morgan fingerprint density at radius 2 is 1.88 bits per heavy atom. The van der Waals surface area contributed by atoms with E-state index in [9.17, 15) is 4.79 Å². The van der Waals surface area contributed by atoms with E-state index >= 15 is 0 Å². The SMILES string of the molecule is Cc1ccccc1C(C)NC(=O)NCc1ccc2c(c1)OCCCO2. The molecule has 2 amide bonds. The second-order valence-corrected chi connectivity index (χ2v) is 6.24. The Labute approximate surface area is 148 Å². The molecule has 3 rings (SSSR count). The van der Waals surface area contributed by atoms with E-state index < -0.39 is 0 Å². The third-order valence-electron chi connectivity index (χ3n) is 4.27. The molecule has 1 aliphatic rings. The van der Waals surface area contributed by atoms with Crippen molar-refractivity contribution in [3.63, 3.8) is 0 Å². The Bertz CT molecular complexity index is 745. The average molecular weight is 340 g/mol. The number of aryl methyl sites for hydroxylation is 1. The normalized spacial score (nSPS) is 14.3. The molecule has 0 aliphatic carbocycles. The molecule has 132 valence electrons. The molecule has 1 aliphatic heterocycles. The smallest absolute Gasteiger partial charge is 0.315 e. The first-order valence-corrected chi connectivity index (χ1v) is 8.62. The van der Waals surface area contributed by atoms with Gasteiger partial charge in [-0.1, -0.05) is 30.3 Å². The van der Waals surface area contributed by atoms with Crippen molar-refractivity contribution in [2.75, 3.05) is 13.2 Å². The number of nitrogens with one attached hydrogen (secondary N) is 2. The number of benzene rings is 2. The minimum absolute atomic E-state index is 0.0509. The fourth-order valence-electron chi connectivity index (χ4n) is 2.90. The van der Waals surface area contributed by atoms with Gasteiger partial charge in [-0.2, -0.15) is 0 Å². The molecule has 1 heterocycles. The van der Waals surface area contributed by atoms with Crippen LogP contribution in [0.2, 0.25) is 0 Å². The number of rotatable bonds is 4. The van der Waals surface area contributed by atoms with Crippen LogP contribution < -0.4 is 20.1 Å². The van der Waals surface area contributed by atoms with E-state index in [2.05, 4.69) is 10.6 Å². The Hall–Kier alpha value is -2.69. The predicted molar refractivity (Wildman–Crippen MR) is 97.0 cm³/mol. The number of hydrogen-bond donors (Lipinski definition) is 2. The Morgan fingerprint density at radius 1 is 1.12 bits per heavy atom. The second-order valence-electron chi connectivity index (χ2n) is 6.24. The van der Waals surface area contributed by atoms with E-state index in [1.54, 1.807) is 0 Å². The van der Waals surface area contributed by atoms with Gasteiger partial charge in [-0.15, -0.1) is 0 Å². The summed E-state index contributed by atoms with van der Waals surface area (Å²) in [6, 6.07) is 13.6. The summed E-state index contributed by atoms with van der Waals surface area (Å²) in [6.07, 6.45) is 0.876. The molecule has 25 heavy (non-hydrogen) atoms. The number of urea groups is 1. The summed E-state index contributed by atoms with van der Waals surface area (Å²) in [5.41, 5.74) is 3.26. The number of hydrogen-bond acceptors (Lipinski definition) is 3. The van der Waals surface area contributed by atoms with E-state index in [4.69, 9.17) is 9.47 Å². The Morgan fingerprint density at radius 3 is 2.68 bits per heavy atom. The van der Waals surface area contributed by atoms with Gasteiger partial charge in [0.05, 0.1) is 19.3 Å². The summed E-state index contributed by atoms with van der Waals surface area (Å²) >= 11 is 0. The molecule has 2 N–H and O–H groups in total. The van der Waals surface area contributed by atoms with Crippen molar-refractivity contribution in [2.24, 2.45) is 0 Å². The summed E-state index contributed by atoms with van der Waals surface area (Å²) < 4.78 is 11.3. The van der Waals surface area contributed by atoms with Gasteiger partial charge in [0, 0.05) is 13.0 Å². The maximum Gasteiger partial charge on any atom is 0.315 e. The topological polar surface area (TPSA) is 59.6 Å². The molecule has 2 aromatic rings. The minimum Gasteiger partial charge on any atom is -0.490 e. The molecule has 5 heteroatoms. The van der Waals surface area contributed by atoms with Crippen LogP contribution in [0.4, 0.5) is 4.79 Å². The number of carbonyl (C=O) groups is 1. The third-order valence-corrected chi connectivity index (χ3v) is 4.27. The molecule has 0 fully saturated rings. The van der Waals surface area contributed by atoms with Crippen molar-refractivity contribution in [3.05, 3.63) is 59.2 Å². The quantitative estimate of drug-likeness (QED) is 0.892. The van der Waals surface area contributed by atoms with Crippen LogP contribution in [0.25, 0.3) is 0 Å². The van der Waals surface area contributed by atoms with Crippen LogP contribution in [0, 0.1) is 6.92 Å². The monoisotopic (exact) mass is 340 g/mol. The van der Waals surface area contributed by atoms with Crippen LogP contribution in [-0.2, 0) is 6.54 Å². The second kappa shape index (κ2) is 7.92. The van der Waals surface area contributed by atoms with Crippen molar-refractivity contribution in [1.82, 2.24) is 10.6 Å². The molecule has 1 atom stereocenters. The molecule has 0 aromatic heterocycles. The van der Waals surface area contributed by atoms with Crippen LogP contribution in [-0.4, -0.2) is 19.2 Å². The highest BCUT2D eigenvalue weighted by atomic mass is 16.5. The van der Waals surface area contributed by atoms with E-state index in [1.807, 2.05) is 56.3 Å². The Balaban J connectivity index is 1.55. The maximum atomic E-state index is 12.2. The lowest BCUT2D eigenvalue weighted by atomic mass is 10.0. The molecule has 0 radical (unpaired) electrons. The van der Waals surface area contributed by atoms with Crippen LogP contribution in [0.15, 0.2) is 42.5 Å². The zero-order valence-electron chi connectivity index (χ0n) is 14.7. The van der Waals surface area contributed by atoms with Gasteiger partial charge < -0.3 is 20.1 Å². The van der Waals surface area contributed by atoms with Crippen LogP contribution in [0.5, 0.6) is 11.5 Å². The number of ether oxygens (including phenoxy) is 2. The molecule has 1 unspecified atom stereocenters. The Kier molecular flexibility index (Phi) is 5.43. The van der Waals surface area contributed by atoms with E-state index in [-0.39, 0.29) is 12.1 Å². The first-order chi connectivity index (χ1) is 12.1. The van der Waals surface area contributed by atoms with Gasteiger partial charge in [0.25, 0.3) is 0 Å². The lowest BCUT2D eigenvalue weighted by Crippen LogP contribution is -2.36. The highest BCUT2D eigenvalue weighted by Crippen LogP contribution is 2.30. The van der Waals surface area contributed by atoms with E-state index in [0.29, 0.717) is 19.8 Å². The summed E-state index contributed by atoms with van der Waals surface area (Å²) in [6.45, 7) is 5.78. The maximum absolute atomic E-state index is 12.2. The largest absolute Gasteiger partial charge is 0.490 e. The fourth-order valence-corrected chi connectivity index (χ4v) is 2.90. The van der Waals surface area contributed by atoms with Crippen LogP contribution in [0.3, 0.4) is 0 Å². The van der Waals surface area contributed by atoms with Crippen molar-refractivity contribution in [1.29, 1.82) is 0 Å². The van der Waals surface area contributed by atoms with Crippen molar-refractivity contribution >= 4 is 6.03 Å². The van der Waals surface area contributed by atoms with Gasteiger partial charge in [0.2, 0.25) is 0 Å². The van der Waals surface area contributed by atoms with Crippen molar-refractivity contribution < 1.29 is 14.3 Å². The molecule has 5 nitrogen and oxygen atoms in total. The van der Waals surface area contributed by atoms with Crippen molar-refractivity contribution in [2.45, 2.75) is 32.9 Å². The summed E-state index contributed by atoms with van der Waals surface area (Å²) in [5.74, 6) is 1.50. The number of fused-ring (bicyclic) bond motifs is 1. The molecule has 2 aromatic carbocycles. The highest BCUT2D eigenvalue weighted by Gasteiger charge is 2.13. The van der Waals surface area contributed by atoms with Gasteiger partial charge in [-0.25, -0.2) is 4.79 Å². The molecule has 0 spiro atoms. The van der Waals surface area contributed by atoms with Crippen LogP contribution >= 0.6 is 0 Å². The zero-order valence-corrected chi connectivity index (χ0v) is 14.7. The van der Waals surface area contributed by atoms with Gasteiger partial charge in [0.15, 0.2) is 11.5 Å². The van der Waals surface area contributed by atoms with Gasteiger partial charge >= 0.3 is 6.03 Å². The first-order valence-electron chi connectivity index (χ1n) is 8.62. The predicted octanol–water partition coefficient (Wildman–Crippen LogP) is 3.72. The molecular weight excluding hydrogens is 316 g/mol. The lowest BCUT2D eigenvalue weighted by Gasteiger charge is -2.17. The standard InChI is InChI=1S/C20H24N2O3/c1-14-6-3-4-7-17(14)15(2)22-20(23)21-13-16-8-9-18-19(12-16)25-11-5-10-24-18/h3-4,6-9,12,15H,5,10-11,13H2,1-2H3,(H2,21,22,23). The summed E-state index contributed by atoms with van der Waals surface area (Å²) in [5, 5.41) is 5.87. The van der Waals surface area contributed by atoms with Crippen LogP contribution in [0.1, 0.15) is 36.1 Å². The third kappa shape index (κ3) is 4.44. The summed E-state index contributed by atoms with van der Waals surface area (Å²) in [7, 11) is 0. The first kappa shape index (κ1) is 17.1. The van der Waals surface area contributed by atoms with Crippen molar-refractivity contribution in [3.8, 4) is 11.5 Å². The average Bonchev–Trinajstić information content (AvgIpc) is 2.85. The van der Waals surface area contributed by atoms with Gasteiger partial charge in [-0.05, 0) is 42.7 Å². The molecule has 0 saturated heterocycles. The number of carbonyl (C=O) groups excluding carboxylic acids is 1. The minimum atomic E-state index is -0.192.